The van der Waals surface area contributed by atoms with Gasteiger partial charge in [-0.2, -0.15) is 5.10 Å². The highest BCUT2D eigenvalue weighted by molar-refractivity contribution is 5.25. The van der Waals surface area contributed by atoms with E-state index in [9.17, 15) is 0 Å². The van der Waals surface area contributed by atoms with Crippen LogP contribution in [0, 0.1) is 6.92 Å². The fourth-order valence-corrected chi connectivity index (χ4v) is 2.08. The first-order valence-corrected chi connectivity index (χ1v) is 5.75. The van der Waals surface area contributed by atoms with E-state index in [1.165, 1.54) is 0 Å². The fourth-order valence-electron chi connectivity index (χ4n) is 2.08. The number of nitrogens with one attached hydrogen (secondary N) is 1. The van der Waals surface area contributed by atoms with Gasteiger partial charge in [0.05, 0.1) is 6.26 Å². The van der Waals surface area contributed by atoms with Gasteiger partial charge in [0, 0.05) is 12.4 Å². The van der Waals surface area contributed by atoms with Crippen LogP contribution in [0.3, 0.4) is 0 Å². The number of ether oxygens (including phenoxy) is 1. The molecule has 2 aromatic rings. The molecule has 2 aromatic heterocycles. The molecule has 0 bridgehead atoms. The Morgan fingerprint density at radius 3 is 2.72 bits per heavy atom. The third kappa shape index (κ3) is 1.66. The summed E-state index contributed by atoms with van der Waals surface area (Å²) in [5, 5.41) is 7.12. The second-order valence-corrected chi connectivity index (χ2v) is 4.29. The summed E-state index contributed by atoms with van der Waals surface area (Å²) < 4.78 is 5.45. The number of rotatable bonds is 2. The Hall–Kier alpha value is -2.24. The van der Waals surface area contributed by atoms with Crippen molar-refractivity contribution in [2.75, 3.05) is 6.61 Å². The maximum absolute atomic E-state index is 5.45. The summed E-state index contributed by atoms with van der Waals surface area (Å²) in [6.45, 7) is 2.32. The number of aryl methyl sites for hydroxylation is 1. The standard InChI is InChI=1S/C12H13N5O/c1-9-15-11(17-16-9)12(4-2-7-18-8-12)10-13-5-3-6-14-10/h2-3,5-7H,4,8H2,1H3,(H,15,16,17). The molecule has 1 aliphatic heterocycles. The number of aromatic nitrogens is 5. The summed E-state index contributed by atoms with van der Waals surface area (Å²) in [7, 11) is 0. The zero-order valence-electron chi connectivity index (χ0n) is 10.00. The Morgan fingerprint density at radius 1 is 1.28 bits per heavy atom. The van der Waals surface area contributed by atoms with Gasteiger partial charge in [0.15, 0.2) is 5.82 Å². The Balaban J connectivity index is 2.12. The van der Waals surface area contributed by atoms with Gasteiger partial charge >= 0.3 is 0 Å². The molecule has 0 radical (unpaired) electrons. The highest BCUT2D eigenvalue weighted by Crippen LogP contribution is 2.34. The van der Waals surface area contributed by atoms with E-state index in [4.69, 9.17) is 4.74 Å². The molecule has 0 aromatic carbocycles. The van der Waals surface area contributed by atoms with Crippen LogP contribution in [0.5, 0.6) is 0 Å². The van der Waals surface area contributed by atoms with Gasteiger partial charge in [0.1, 0.15) is 23.7 Å². The normalized spacial score (nSPS) is 22.7. The van der Waals surface area contributed by atoms with Crippen LogP contribution in [0.4, 0.5) is 0 Å². The van der Waals surface area contributed by atoms with Gasteiger partial charge in [-0.15, -0.1) is 0 Å². The summed E-state index contributed by atoms with van der Waals surface area (Å²) in [5.41, 5.74) is -0.499. The molecule has 1 atom stereocenters. The molecule has 92 valence electrons. The molecule has 1 aliphatic rings. The lowest BCUT2D eigenvalue weighted by molar-refractivity contribution is 0.160. The molecule has 0 saturated carbocycles. The molecule has 18 heavy (non-hydrogen) atoms. The van der Waals surface area contributed by atoms with Crippen molar-refractivity contribution in [1.29, 1.82) is 0 Å². The van der Waals surface area contributed by atoms with E-state index in [0.717, 1.165) is 12.2 Å². The minimum atomic E-state index is -0.499. The smallest absolute Gasteiger partial charge is 0.168 e. The molecule has 3 heterocycles. The quantitative estimate of drug-likeness (QED) is 0.855. The van der Waals surface area contributed by atoms with Crippen LogP contribution in [0.1, 0.15) is 23.9 Å². The van der Waals surface area contributed by atoms with Crippen molar-refractivity contribution in [2.24, 2.45) is 0 Å². The largest absolute Gasteiger partial charge is 0.500 e. The van der Waals surface area contributed by atoms with Crippen LogP contribution >= 0.6 is 0 Å². The highest BCUT2D eigenvalue weighted by Gasteiger charge is 2.42. The number of hydrogen-bond acceptors (Lipinski definition) is 5. The van der Waals surface area contributed by atoms with E-state index in [1.807, 2.05) is 13.0 Å². The molecule has 0 aliphatic carbocycles. The number of aromatic amines is 1. The Morgan fingerprint density at radius 2 is 2.11 bits per heavy atom. The van der Waals surface area contributed by atoms with E-state index >= 15 is 0 Å². The van der Waals surface area contributed by atoms with E-state index in [-0.39, 0.29) is 0 Å². The third-order valence-corrected chi connectivity index (χ3v) is 3.01. The zero-order valence-corrected chi connectivity index (χ0v) is 10.00. The van der Waals surface area contributed by atoms with Crippen LogP contribution in [-0.4, -0.2) is 31.8 Å². The zero-order chi connectivity index (χ0) is 12.4. The summed E-state index contributed by atoms with van der Waals surface area (Å²) >= 11 is 0. The predicted molar refractivity (Wildman–Crippen MR) is 63.6 cm³/mol. The van der Waals surface area contributed by atoms with Crippen LogP contribution in [0.2, 0.25) is 0 Å². The number of nitrogens with zero attached hydrogens (tertiary/aromatic N) is 4. The Labute approximate surface area is 104 Å². The lowest BCUT2D eigenvalue weighted by Crippen LogP contribution is -2.37. The first-order chi connectivity index (χ1) is 8.81. The van der Waals surface area contributed by atoms with E-state index in [0.29, 0.717) is 18.3 Å². The van der Waals surface area contributed by atoms with Crippen LogP contribution in [0.25, 0.3) is 0 Å². The first kappa shape index (κ1) is 10.9. The molecular weight excluding hydrogens is 230 g/mol. The van der Waals surface area contributed by atoms with Crippen molar-refractivity contribution in [3.05, 3.63) is 48.3 Å². The second kappa shape index (κ2) is 4.21. The molecule has 6 heteroatoms. The van der Waals surface area contributed by atoms with Gasteiger partial charge in [0.2, 0.25) is 0 Å². The maximum Gasteiger partial charge on any atom is 0.168 e. The van der Waals surface area contributed by atoms with Crippen molar-refractivity contribution in [3.8, 4) is 0 Å². The molecule has 1 unspecified atom stereocenters. The van der Waals surface area contributed by atoms with Crippen molar-refractivity contribution in [3.63, 3.8) is 0 Å². The van der Waals surface area contributed by atoms with E-state index in [1.54, 1.807) is 24.7 Å². The summed E-state index contributed by atoms with van der Waals surface area (Å²) in [4.78, 5) is 13.1. The SMILES string of the molecule is Cc1nc(C2(c3ncccn3)CC=COC2)n[nH]1. The minimum Gasteiger partial charge on any atom is -0.500 e. The van der Waals surface area contributed by atoms with Crippen molar-refractivity contribution in [1.82, 2.24) is 25.1 Å². The summed E-state index contributed by atoms with van der Waals surface area (Å²) in [6.07, 6.45) is 7.82. The lowest BCUT2D eigenvalue weighted by Gasteiger charge is -2.29. The third-order valence-electron chi connectivity index (χ3n) is 3.01. The number of hydrogen-bond donors (Lipinski definition) is 1. The van der Waals surface area contributed by atoms with Gasteiger partial charge in [-0.05, 0) is 25.5 Å². The van der Waals surface area contributed by atoms with Gasteiger partial charge in [-0.25, -0.2) is 15.0 Å². The summed E-state index contributed by atoms with van der Waals surface area (Å²) in [6, 6.07) is 1.79. The van der Waals surface area contributed by atoms with Gasteiger partial charge in [-0.1, -0.05) is 0 Å². The average Bonchev–Trinajstić information content (AvgIpc) is 2.88. The molecule has 0 amide bonds. The fraction of sp³-hybridized carbons (Fsp3) is 0.333. The van der Waals surface area contributed by atoms with Crippen molar-refractivity contribution < 1.29 is 4.74 Å². The van der Waals surface area contributed by atoms with Crippen molar-refractivity contribution >= 4 is 0 Å². The summed E-state index contributed by atoms with van der Waals surface area (Å²) in [5.74, 6) is 2.14. The molecule has 6 nitrogen and oxygen atoms in total. The van der Waals surface area contributed by atoms with Crippen LogP contribution in [-0.2, 0) is 10.2 Å². The van der Waals surface area contributed by atoms with Gasteiger partial charge in [-0.3, -0.25) is 5.10 Å². The van der Waals surface area contributed by atoms with Crippen LogP contribution in [0.15, 0.2) is 30.8 Å². The maximum atomic E-state index is 5.45. The van der Waals surface area contributed by atoms with Crippen LogP contribution < -0.4 is 0 Å². The molecule has 1 N–H and O–H groups in total. The number of H-pyrrole nitrogens is 1. The second-order valence-electron chi connectivity index (χ2n) is 4.29. The lowest BCUT2D eigenvalue weighted by atomic mass is 9.82. The topological polar surface area (TPSA) is 76.6 Å². The molecule has 0 fully saturated rings. The first-order valence-electron chi connectivity index (χ1n) is 5.75. The minimum absolute atomic E-state index is 0.449. The predicted octanol–water partition coefficient (Wildman–Crippen LogP) is 1.12. The van der Waals surface area contributed by atoms with Crippen molar-refractivity contribution in [2.45, 2.75) is 18.8 Å². The average molecular weight is 243 g/mol. The molecular formula is C12H13N5O. The van der Waals surface area contributed by atoms with Gasteiger partial charge < -0.3 is 4.74 Å². The monoisotopic (exact) mass is 243 g/mol. The molecule has 0 spiro atoms. The van der Waals surface area contributed by atoms with E-state index in [2.05, 4.69) is 25.1 Å². The molecule has 3 rings (SSSR count). The van der Waals surface area contributed by atoms with Gasteiger partial charge in [0.25, 0.3) is 0 Å². The number of allylic oxidation sites excluding steroid dienone is 1. The molecule has 0 saturated heterocycles. The van der Waals surface area contributed by atoms with E-state index < -0.39 is 5.41 Å². The Kier molecular flexibility index (Phi) is 2.55. The highest BCUT2D eigenvalue weighted by atomic mass is 16.5. The Bertz CT molecular complexity index is 565.